The summed E-state index contributed by atoms with van der Waals surface area (Å²) in [4.78, 5) is 39.0. The zero-order chi connectivity index (χ0) is 22.4. The molecule has 1 aliphatic rings. The maximum absolute atomic E-state index is 12.6. The van der Waals surface area contributed by atoms with Crippen molar-refractivity contribution in [3.8, 4) is 0 Å². The molecule has 1 N–H and O–H groups in total. The largest absolute Gasteiger partial charge is 0.334 e. The van der Waals surface area contributed by atoms with Crippen molar-refractivity contribution in [2.75, 3.05) is 18.4 Å². The molecule has 0 aromatic heterocycles. The Labute approximate surface area is 192 Å². The standard InChI is InChI=1S/C24H26Cl2N2O3/c1-2-28(15-22(30)27-24-19(25)8-5-9-20(24)26)23(31)13-12-21(29)18-11-10-16-6-3-4-7-17(16)14-18/h5,8-11,14H,2-4,6-7,12-13,15H2,1H3,(H,27,30). The van der Waals surface area contributed by atoms with Gasteiger partial charge in [0.15, 0.2) is 5.78 Å². The van der Waals surface area contributed by atoms with E-state index in [0.29, 0.717) is 27.8 Å². The second-order valence-corrected chi connectivity index (χ2v) is 8.48. The molecular weight excluding hydrogens is 435 g/mol. The second-order valence-electron chi connectivity index (χ2n) is 7.67. The number of halogens is 2. The Morgan fingerprint density at radius 1 is 0.968 bits per heavy atom. The number of amides is 2. The van der Waals surface area contributed by atoms with Crippen molar-refractivity contribution in [1.82, 2.24) is 4.90 Å². The summed E-state index contributed by atoms with van der Waals surface area (Å²) in [7, 11) is 0. The molecule has 0 atom stereocenters. The molecule has 0 saturated heterocycles. The van der Waals surface area contributed by atoms with Crippen LogP contribution in [0.15, 0.2) is 36.4 Å². The van der Waals surface area contributed by atoms with Gasteiger partial charge in [0.25, 0.3) is 0 Å². The molecule has 0 saturated carbocycles. The number of anilines is 1. The number of carbonyl (C=O) groups is 3. The molecule has 31 heavy (non-hydrogen) atoms. The predicted molar refractivity (Wildman–Crippen MR) is 124 cm³/mol. The minimum Gasteiger partial charge on any atom is -0.334 e. The molecule has 0 bridgehead atoms. The number of hydrogen-bond donors (Lipinski definition) is 1. The monoisotopic (exact) mass is 460 g/mol. The average Bonchev–Trinajstić information content (AvgIpc) is 2.77. The van der Waals surface area contributed by atoms with Crippen LogP contribution in [-0.2, 0) is 22.4 Å². The SMILES string of the molecule is CCN(CC(=O)Nc1c(Cl)cccc1Cl)C(=O)CCC(=O)c1ccc2c(c1)CCCC2. The van der Waals surface area contributed by atoms with Crippen molar-refractivity contribution in [3.63, 3.8) is 0 Å². The Bertz CT molecular complexity index is 971. The molecule has 2 aromatic rings. The fourth-order valence-electron chi connectivity index (χ4n) is 3.78. The lowest BCUT2D eigenvalue weighted by atomic mass is 9.89. The molecule has 7 heteroatoms. The van der Waals surface area contributed by atoms with E-state index in [2.05, 4.69) is 5.32 Å². The van der Waals surface area contributed by atoms with E-state index in [9.17, 15) is 14.4 Å². The minimum atomic E-state index is -0.397. The second kappa shape index (κ2) is 10.8. The maximum Gasteiger partial charge on any atom is 0.244 e. The Kier molecular flexibility index (Phi) is 8.10. The third-order valence-electron chi connectivity index (χ3n) is 5.53. The summed E-state index contributed by atoms with van der Waals surface area (Å²) in [5.41, 5.74) is 3.54. The summed E-state index contributed by atoms with van der Waals surface area (Å²) in [5.74, 6) is -0.689. The third-order valence-corrected chi connectivity index (χ3v) is 6.16. The van der Waals surface area contributed by atoms with Crippen LogP contribution in [0.2, 0.25) is 10.0 Å². The molecule has 0 radical (unpaired) electrons. The number of nitrogens with zero attached hydrogens (tertiary/aromatic N) is 1. The van der Waals surface area contributed by atoms with Gasteiger partial charge in [-0.15, -0.1) is 0 Å². The lowest BCUT2D eigenvalue weighted by Crippen LogP contribution is -2.38. The molecule has 2 amide bonds. The fraction of sp³-hybridized carbons (Fsp3) is 0.375. The van der Waals surface area contributed by atoms with Gasteiger partial charge in [-0.05, 0) is 61.9 Å². The van der Waals surface area contributed by atoms with E-state index in [4.69, 9.17) is 23.2 Å². The number of carbonyl (C=O) groups excluding carboxylic acids is 3. The fourth-order valence-corrected chi connectivity index (χ4v) is 4.27. The summed E-state index contributed by atoms with van der Waals surface area (Å²) in [5, 5.41) is 3.30. The maximum atomic E-state index is 12.6. The van der Waals surface area contributed by atoms with Crippen LogP contribution in [0.25, 0.3) is 0 Å². The van der Waals surface area contributed by atoms with Gasteiger partial charge in [0.2, 0.25) is 11.8 Å². The first kappa shape index (κ1) is 23.3. The van der Waals surface area contributed by atoms with Crippen molar-refractivity contribution in [1.29, 1.82) is 0 Å². The summed E-state index contributed by atoms with van der Waals surface area (Å²) >= 11 is 12.2. The highest BCUT2D eigenvalue weighted by Gasteiger charge is 2.19. The predicted octanol–water partition coefficient (Wildman–Crippen LogP) is 5.32. The van der Waals surface area contributed by atoms with Crippen molar-refractivity contribution in [3.05, 3.63) is 63.1 Å². The molecule has 5 nitrogen and oxygen atoms in total. The van der Waals surface area contributed by atoms with Crippen LogP contribution in [0.5, 0.6) is 0 Å². The van der Waals surface area contributed by atoms with E-state index in [1.165, 1.54) is 22.4 Å². The highest BCUT2D eigenvalue weighted by atomic mass is 35.5. The van der Waals surface area contributed by atoms with Gasteiger partial charge in [-0.1, -0.05) is 41.4 Å². The van der Waals surface area contributed by atoms with Crippen molar-refractivity contribution >= 4 is 46.5 Å². The third kappa shape index (κ3) is 6.08. The van der Waals surface area contributed by atoms with Gasteiger partial charge < -0.3 is 10.2 Å². The van der Waals surface area contributed by atoms with Crippen LogP contribution in [0.3, 0.4) is 0 Å². The van der Waals surface area contributed by atoms with Crippen LogP contribution in [0.1, 0.15) is 54.1 Å². The lowest BCUT2D eigenvalue weighted by molar-refractivity contribution is -0.134. The number of likely N-dealkylation sites (N-methyl/N-ethyl adjacent to an activating group) is 1. The van der Waals surface area contributed by atoms with Crippen molar-refractivity contribution in [2.45, 2.75) is 45.4 Å². The van der Waals surface area contributed by atoms with E-state index >= 15 is 0 Å². The van der Waals surface area contributed by atoms with E-state index in [1.807, 2.05) is 18.2 Å². The highest BCUT2D eigenvalue weighted by Crippen LogP contribution is 2.29. The summed E-state index contributed by atoms with van der Waals surface area (Å²) in [6.45, 7) is 2.01. The number of rotatable bonds is 8. The first-order valence-corrected chi connectivity index (χ1v) is 11.3. The first-order chi connectivity index (χ1) is 14.9. The number of aryl methyl sites for hydroxylation is 2. The number of hydrogen-bond acceptors (Lipinski definition) is 3. The Morgan fingerprint density at radius 3 is 2.32 bits per heavy atom. The molecule has 164 valence electrons. The molecule has 1 aliphatic carbocycles. The van der Waals surface area contributed by atoms with Crippen LogP contribution in [0.4, 0.5) is 5.69 Å². The van der Waals surface area contributed by atoms with Gasteiger partial charge in [0.05, 0.1) is 22.3 Å². The van der Waals surface area contributed by atoms with Gasteiger partial charge in [0, 0.05) is 24.9 Å². The molecule has 0 aliphatic heterocycles. The smallest absolute Gasteiger partial charge is 0.244 e. The van der Waals surface area contributed by atoms with Crippen LogP contribution in [0, 0.1) is 0 Å². The van der Waals surface area contributed by atoms with Gasteiger partial charge in [-0.25, -0.2) is 0 Å². The van der Waals surface area contributed by atoms with E-state index in [1.54, 1.807) is 25.1 Å². The van der Waals surface area contributed by atoms with E-state index in [-0.39, 0.29) is 31.1 Å². The summed E-state index contributed by atoms with van der Waals surface area (Å²) in [6.07, 6.45) is 4.59. The number of ketones is 1. The number of fused-ring (bicyclic) bond motifs is 1. The molecule has 2 aromatic carbocycles. The highest BCUT2D eigenvalue weighted by molar-refractivity contribution is 6.39. The molecule has 0 spiro atoms. The molecule has 0 heterocycles. The average molecular weight is 461 g/mol. The molecule has 0 unspecified atom stereocenters. The summed E-state index contributed by atoms with van der Waals surface area (Å²) in [6, 6.07) is 10.8. The van der Waals surface area contributed by atoms with Crippen LogP contribution < -0.4 is 5.32 Å². The number of nitrogens with one attached hydrogen (secondary N) is 1. The first-order valence-electron chi connectivity index (χ1n) is 10.6. The van der Waals surface area contributed by atoms with Crippen molar-refractivity contribution < 1.29 is 14.4 Å². The molecular formula is C24H26Cl2N2O3. The van der Waals surface area contributed by atoms with Gasteiger partial charge in [-0.2, -0.15) is 0 Å². The van der Waals surface area contributed by atoms with Gasteiger partial charge >= 0.3 is 0 Å². The van der Waals surface area contributed by atoms with Crippen LogP contribution in [-0.4, -0.2) is 35.6 Å². The number of benzene rings is 2. The zero-order valence-electron chi connectivity index (χ0n) is 17.5. The van der Waals surface area contributed by atoms with Gasteiger partial charge in [-0.3, -0.25) is 14.4 Å². The Balaban J connectivity index is 1.54. The van der Waals surface area contributed by atoms with E-state index < -0.39 is 5.91 Å². The molecule has 0 fully saturated rings. The van der Waals surface area contributed by atoms with Crippen LogP contribution >= 0.6 is 23.2 Å². The molecule has 3 rings (SSSR count). The number of Topliss-reactive ketones (excluding diaryl/α,β-unsaturated/α-hetero) is 1. The van der Waals surface area contributed by atoms with E-state index in [0.717, 1.165) is 19.3 Å². The normalized spacial score (nSPS) is 12.7. The lowest BCUT2D eigenvalue weighted by Gasteiger charge is -2.21. The Morgan fingerprint density at radius 2 is 1.65 bits per heavy atom. The Hall–Kier alpha value is -2.37. The quantitative estimate of drug-likeness (QED) is 0.541. The zero-order valence-corrected chi connectivity index (χ0v) is 19.1. The van der Waals surface area contributed by atoms with Gasteiger partial charge in [0.1, 0.15) is 0 Å². The summed E-state index contributed by atoms with van der Waals surface area (Å²) < 4.78 is 0. The van der Waals surface area contributed by atoms with Crippen molar-refractivity contribution in [2.24, 2.45) is 0 Å². The minimum absolute atomic E-state index is 0.0509. The number of para-hydroxylation sites is 1. The topological polar surface area (TPSA) is 66.5 Å².